The van der Waals surface area contributed by atoms with Gasteiger partial charge in [0.15, 0.2) is 0 Å². The summed E-state index contributed by atoms with van der Waals surface area (Å²) in [5.74, 6) is 0. The van der Waals surface area contributed by atoms with Gasteiger partial charge in [-0.1, -0.05) is 38.5 Å². The minimum atomic E-state index is 0. The predicted octanol–water partition coefficient (Wildman–Crippen LogP) is 2.85. The Morgan fingerprint density at radius 2 is 0.750 bits per heavy atom. The third-order valence-corrected chi connectivity index (χ3v) is 3.12. The lowest BCUT2D eigenvalue weighted by Gasteiger charge is -2.04. The van der Waals surface area contributed by atoms with E-state index in [0.717, 1.165) is 13.1 Å². The quantitative estimate of drug-likeness (QED) is 0.432. The van der Waals surface area contributed by atoms with Gasteiger partial charge in [0.2, 0.25) is 0 Å². The van der Waals surface area contributed by atoms with Gasteiger partial charge in [0.1, 0.15) is 0 Å². The molecule has 0 aliphatic rings. The molecule has 0 radical (unpaired) electrons. The zero-order valence-electron chi connectivity index (χ0n) is 12.8. The van der Waals surface area contributed by atoms with Gasteiger partial charge in [0, 0.05) is 0 Å². The first kappa shape index (κ1) is 27.9. The number of hydrogen-bond acceptors (Lipinski definition) is 3. The maximum atomic E-state index is 5.45. The standard InChI is InChI=1S/C14H33N3.3FH/c15-11-7-3-1-5-9-13-17-14-10-6-2-4-8-12-16;;;/h17H,1-16H2;3*1H. The molecule has 0 spiro atoms. The van der Waals surface area contributed by atoms with Crippen LogP contribution < -0.4 is 16.8 Å². The van der Waals surface area contributed by atoms with Crippen molar-refractivity contribution in [3.63, 3.8) is 0 Å². The molecule has 0 saturated heterocycles. The fourth-order valence-electron chi connectivity index (χ4n) is 1.97. The van der Waals surface area contributed by atoms with Gasteiger partial charge in [-0.3, -0.25) is 14.1 Å². The van der Waals surface area contributed by atoms with Crippen LogP contribution in [0.3, 0.4) is 0 Å². The molecule has 0 unspecified atom stereocenters. The van der Waals surface area contributed by atoms with E-state index in [1.54, 1.807) is 0 Å². The summed E-state index contributed by atoms with van der Waals surface area (Å²) in [7, 11) is 0. The number of hydrogen-bond donors (Lipinski definition) is 3. The Hall–Kier alpha value is -0.330. The highest BCUT2D eigenvalue weighted by molar-refractivity contribution is 4.51. The second kappa shape index (κ2) is 27.1. The van der Waals surface area contributed by atoms with E-state index >= 15 is 0 Å². The molecule has 0 aromatic carbocycles. The summed E-state index contributed by atoms with van der Waals surface area (Å²) in [6.45, 7) is 4.07. The predicted molar refractivity (Wildman–Crippen MR) is 84.7 cm³/mol. The van der Waals surface area contributed by atoms with Crippen LogP contribution in [-0.4, -0.2) is 26.2 Å². The highest BCUT2D eigenvalue weighted by Crippen LogP contribution is 2.02. The molecule has 0 saturated carbocycles. The third kappa shape index (κ3) is 26.3. The van der Waals surface area contributed by atoms with E-state index in [-0.39, 0.29) is 14.1 Å². The number of nitrogens with one attached hydrogen (secondary N) is 1. The van der Waals surface area contributed by atoms with Crippen LogP contribution in [0.2, 0.25) is 0 Å². The van der Waals surface area contributed by atoms with Crippen LogP contribution in [0.25, 0.3) is 0 Å². The molecule has 0 heterocycles. The molecule has 3 nitrogen and oxygen atoms in total. The fraction of sp³-hybridized carbons (Fsp3) is 1.00. The van der Waals surface area contributed by atoms with Crippen LogP contribution in [0.4, 0.5) is 14.1 Å². The largest absolute Gasteiger partial charge is 0.330 e. The van der Waals surface area contributed by atoms with Crippen LogP contribution in [0, 0.1) is 0 Å². The molecule has 0 aromatic rings. The Kier molecular flexibility index (Phi) is 37.8. The summed E-state index contributed by atoms with van der Waals surface area (Å²) in [6.07, 6.45) is 13.0. The fourth-order valence-corrected chi connectivity index (χ4v) is 1.97. The van der Waals surface area contributed by atoms with Crippen LogP contribution in [-0.2, 0) is 0 Å². The average molecular weight is 303 g/mol. The lowest BCUT2D eigenvalue weighted by molar-refractivity contribution is 0.547. The Bertz CT molecular complexity index is 127. The molecule has 5 N–H and O–H groups in total. The molecule has 0 atom stereocenters. The molecule has 0 aliphatic carbocycles. The topological polar surface area (TPSA) is 64.1 Å². The van der Waals surface area contributed by atoms with E-state index in [4.69, 9.17) is 11.5 Å². The monoisotopic (exact) mass is 303 g/mol. The first-order valence-electron chi connectivity index (χ1n) is 7.52. The Morgan fingerprint density at radius 3 is 1.10 bits per heavy atom. The van der Waals surface area contributed by atoms with Gasteiger partial charge in [0.25, 0.3) is 0 Å². The maximum Gasteiger partial charge on any atom is -0.00489 e. The molecule has 0 rings (SSSR count). The van der Waals surface area contributed by atoms with Crippen molar-refractivity contribution in [3.8, 4) is 0 Å². The van der Waals surface area contributed by atoms with E-state index in [1.165, 1.54) is 77.3 Å². The third-order valence-electron chi connectivity index (χ3n) is 3.12. The molecule has 0 aliphatic heterocycles. The van der Waals surface area contributed by atoms with E-state index < -0.39 is 0 Å². The number of unbranched alkanes of at least 4 members (excludes halogenated alkanes) is 8. The van der Waals surface area contributed by atoms with E-state index in [9.17, 15) is 0 Å². The average Bonchev–Trinajstić information content (AvgIpc) is 2.35. The van der Waals surface area contributed by atoms with Crippen molar-refractivity contribution in [2.24, 2.45) is 11.5 Å². The number of halogens is 3. The highest BCUT2D eigenvalue weighted by Gasteiger charge is 1.92. The van der Waals surface area contributed by atoms with Crippen molar-refractivity contribution in [1.29, 1.82) is 0 Å². The van der Waals surface area contributed by atoms with E-state index in [0.29, 0.717) is 0 Å². The Labute approximate surface area is 122 Å². The Balaban J connectivity index is -0.000000427. The highest BCUT2D eigenvalue weighted by atomic mass is 19.0. The van der Waals surface area contributed by atoms with Crippen molar-refractivity contribution in [1.82, 2.24) is 5.32 Å². The van der Waals surface area contributed by atoms with Gasteiger partial charge >= 0.3 is 0 Å². The summed E-state index contributed by atoms with van der Waals surface area (Å²) >= 11 is 0. The summed E-state index contributed by atoms with van der Waals surface area (Å²) in [5.41, 5.74) is 10.9. The summed E-state index contributed by atoms with van der Waals surface area (Å²) in [5, 5.41) is 3.52. The SMILES string of the molecule is F.F.F.NCCCCCCCNCCCCCCCN. The number of rotatable bonds is 14. The van der Waals surface area contributed by atoms with Gasteiger partial charge in [0.05, 0.1) is 0 Å². The molecular weight excluding hydrogens is 267 g/mol. The molecule has 0 fully saturated rings. The van der Waals surface area contributed by atoms with Crippen molar-refractivity contribution in [2.45, 2.75) is 64.2 Å². The number of nitrogens with two attached hydrogens (primary N) is 2. The second-order valence-corrected chi connectivity index (χ2v) is 4.86. The lowest BCUT2D eigenvalue weighted by Crippen LogP contribution is -2.16. The molecule has 0 amide bonds. The second-order valence-electron chi connectivity index (χ2n) is 4.86. The zero-order valence-corrected chi connectivity index (χ0v) is 12.8. The van der Waals surface area contributed by atoms with Crippen LogP contribution in [0.15, 0.2) is 0 Å². The molecule has 20 heavy (non-hydrogen) atoms. The lowest BCUT2D eigenvalue weighted by atomic mass is 10.1. The summed E-state index contributed by atoms with van der Waals surface area (Å²) < 4.78 is 0. The van der Waals surface area contributed by atoms with E-state index in [2.05, 4.69) is 5.32 Å². The smallest absolute Gasteiger partial charge is 0.00489 e. The summed E-state index contributed by atoms with van der Waals surface area (Å²) in [4.78, 5) is 0. The normalized spacial score (nSPS) is 9.30. The minimum Gasteiger partial charge on any atom is -0.330 e. The van der Waals surface area contributed by atoms with Crippen LogP contribution >= 0.6 is 0 Å². The molecular formula is C14H36F3N3. The van der Waals surface area contributed by atoms with E-state index in [1.807, 2.05) is 0 Å². The first-order chi connectivity index (χ1) is 8.41. The molecule has 0 aromatic heterocycles. The van der Waals surface area contributed by atoms with Crippen molar-refractivity contribution < 1.29 is 14.1 Å². The van der Waals surface area contributed by atoms with Gasteiger partial charge in [-0.2, -0.15) is 0 Å². The van der Waals surface area contributed by atoms with Crippen LogP contribution in [0.5, 0.6) is 0 Å². The first-order valence-corrected chi connectivity index (χ1v) is 7.52. The molecule has 128 valence electrons. The van der Waals surface area contributed by atoms with Gasteiger partial charge in [-0.15, -0.1) is 0 Å². The molecule has 0 bridgehead atoms. The zero-order chi connectivity index (χ0) is 12.6. The van der Waals surface area contributed by atoms with Crippen LogP contribution in [0.1, 0.15) is 64.2 Å². The van der Waals surface area contributed by atoms with Crippen molar-refractivity contribution >= 4 is 0 Å². The summed E-state index contributed by atoms with van der Waals surface area (Å²) in [6, 6.07) is 0. The maximum absolute atomic E-state index is 5.45. The molecule has 6 heteroatoms. The van der Waals surface area contributed by atoms with Gasteiger partial charge in [-0.05, 0) is 51.9 Å². The van der Waals surface area contributed by atoms with Crippen molar-refractivity contribution in [3.05, 3.63) is 0 Å². The van der Waals surface area contributed by atoms with Crippen molar-refractivity contribution in [2.75, 3.05) is 26.2 Å². The van der Waals surface area contributed by atoms with Gasteiger partial charge in [-0.25, -0.2) is 0 Å². The Morgan fingerprint density at radius 1 is 0.450 bits per heavy atom. The minimum absolute atomic E-state index is 0. The van der Waals surface area contributed by atoms with Gasteiger partial charge < -0.3 is 16.8 Å².